The van der Waals surface area contributed by atoms with Gasteiger partial charge in [-0.2, -0.15) is 5.10 Å². The molecule has 3 aromatic heterocycles. The summed E-state index contributed by atoms with van der Waals surface area (Å²) in [5.74, 6) is 0.823. The fourth-order valence-electron chi connectivity index (χ4n) is 3.27. The lowest BCUT2D eigenvalue weighted by Gasteiger charge is -2.13. The zero-order valence-corrected chi connectivity index (χ0v) is 15.5. The Bertz CT molecular complexity index is 1040. The molecule has 138 valence electrons. The van der Waals surface area contributed by atoms with Gasteiger partial charge in [-0.25, -0.2) is 9.67 Å². The number of nitrogens with one attached hydrogen (secondary N) is 1. The molecule has 0 fully saturated rings. The van der Waals surface area contributed by atoms with Crippen LogP contribution in [0.1, 0.15) is 11.3 Å². The number of aromatic nitrogens is 8. The Morgan fingerprint density at radius 1 is 1.19 bits per heavy atom. The van der Waals surface area contributed by atoms with Gasteiger partial charge in [0.15, 0.2) is 5.82 Å². The number of hydrogen-bond acceptors (Lipinski definition) is 6. The zero-order valence-electron chi connectivity index (χ0n) is 14.6. The molecule has 27 heavy (non-hydrogen) atoms. The van der Waals surface area contributed by atoms with Crippen LogP contribution in [0.3, 0.4) is 0 Å². The first-order chi connectivity index (χ1) is 12.8. The Labute approximate surface area is 161 Å². The van der Waals surface area contributed by atoms with E-state index < -0.39 is 0 Å². The predicted octanol–water partition coefficient (Wildman–Crippen LogP) is 1.54. The highest BCUT2D eigenvalue weighted by molar-refractivity contribution is 5.85. The molecule has 4 aromatic rings. The van der Waals surface area contributed by atoms with Crippen molar-refractivity contribution in [1.29, 1.82) is 0 Å². The molecule has 10 heteroatoms. The van der Waals surface area contributed by atoms with Gasteiger partial charge in [-0.15, -0.1) is 17.5 Å². The van der Waals surface area contributed by atoms with E-state index in [0.717, 1.165) is 48.1 Å². The Balaban J connectivity index is 0.00000180. The van der Waals surface area contributed by atoms with Crippen LogP contribution >= 0.6 is 12.4 Å². The topological polar surface area (TPSA) is 91.3 Å². The summed E-state index contributed by atoms with van der Waals surface area (Å²) in [6.07, 6.45) is 5.34. The van der Waals surface area contributed by atoms with E-state index in [2.05, 4.69) is 60.2 Å². The summed E-state index contributed by atoms with van der Waals surface area (Å²) in [5, 5.41) is 19.5. The summed E-state index contributed by atoms with van der Waals surface area (Å²) >= 11 is 0. The van der Waals surface area contributed by atoms with Gasteiger partial charge in [0.25, 0.3) is 0 Å². The van der Waals surface area contributed by atoms with E-state index in [1.165, 1.54) is 5.69 Å². The van der Waals surface area contributed by atoms with E-state index in [1.807, 2.05) is 12.3 Å². The fraction of sp³-hybridized carbons (Fsp3) is 0.235. The zero-order chi connectivity index (χ0) is 17.5. The van der Waals surface area contributed by atoms with Crippen LogP contribution < -0.4 is 5.32 Å². The minimum absolute atomic E-state index is 0. The number of imidazole rings is 1. The molecular weight excluding hydrogens is 366 g/mol. The number of tetrazole rings is 1. The first kappa shape index (κ1) is 17.4. The van der Waals surface area contributed by atoms with Gasteiger partial charge in [0.1, 0.15) is 12.0 Å². The van der Waals surface area contributed by atoms with Gasteiger partial charge in [0.2, 0.25) is 0 Å². The van der Waals surface area contributed by atoms with Gasteiger partial charge in [-0.05, 0) is 41.1 Å². The molecule has 0 atom stereocenters. The highest BCUT2D eigenvalue weighted by Gasteiger charge is 2.17. The van der Waals surface area contributed by atoms with Crippen molar-refractivity contribution >= 4 is 12.4 Å². The van der Waals surface area contributed by atoms with Crippen molar-refractivity contribution < 1.29 is 0 Å². The van der Waals surface area contributed by atoms with Gasteiger partial charge >= 0.3 is 0 Å². The maximum absolute atomic E-state index is 4.74. The van der Waals surface area contributed by atoms with Crippen LogP contribution in [0, 0.1) is 6.92 Å². The Kier molecular flexibility index (Phi) is 4.46. The van der Waals surface area contributed by atoms with Crippen molar-refractivity contribution in [2.75, 3.05) is 6.54 Å². The average Bonchev–Trinajstić information content (AvgIpc) is 3.40. The maximum atomic E-state index is 4.74. The number of hydrogen-bond donors (Lipinski definition) is 1. The molecule has 0 saturated heterocycles. The second-order valence-electron chi connectivity index (χ2n) is 6.27. The van der Waals surface area contributed by atoms with Crippen LogP contribution in [0.2, 0.25) is 0 Å². The summed E-state index contributed by atoms with van der Waals surface area (Å²) in [6.45, 7) is 4.73. The molecule has 0 spiro atoms. The lowest BCUT2D eigenvalue weighted by molar-refractivity contribution is 0.476. The van der Waals surface area contributed by atoms with Crippen molar-refractivity contribution in [2.45, 2.75) is 20.0 Å². The van der Waals surface area contributed by atoms with E-state index in [4.69, 9.17) is 5.10 Å². The molecule has 1 aliphatic rings. The Morgan fingerprint density at radius 2 is 2.11 bits per heavy atom. The van der Waals surface area contributed by atoms with Crippen LogP contribution in [-0.4, -0.2) is 46.1 Å². The molecule has 1 N–H and O–H groups in total. The van der Waals surface area contributed by atoms with Crippen LogP contribution in [0.15, 0.2) is 43.0 Å². The summed E-state index contributed by atoms with van der Waals surface area (Å²) in [7, 11) is 0. The van der Waals surface area contributed by atoms with E-state index >= 15 is 0 Å². The molecule has 0 radical (unpaired) electrons. The van der Waals surface area contributed by atoms with E-state index in [9.17, 15) is 0 Å². The van der Waals surface area contributed by atoms with Gasteiger partial charge in [-0.3, -0.25) is 9.25 Å². The van der Waals surface area contributed by atoms with Crippen LogP contribution in [0.25, 0.3) is 22.9 Å². The van der Waals surface area contributed by atoms with Crippen molar-refractivity contribution in [3.05, 3.63) is 54.2 Å². The number of nitrogens with zero attached hydrogens (tertiary/aromatic N) is 8. The first-order valence-electron chi connectivity index (χ1n) is 8.45. The normalized spacial score (nSPS) is 13.2. The van der Waals surface area contributed by atoms with Gasteiger partial charge in [0.05, 0.1) is 23.6 Å². The predicted molar refractivity (Wildman–Crippen MR) is 101 cm³/mol. The average molecular weight is 384 g/mol. The lowest BCUT2D eigenvalue weighted by Crippen LogP contribution is -2.28. The quantitative estimate of drug-likeness (QED) is 0.577. The molecular formula is C17H18ClN9. The van der Waals surface area contributed by atoms with E-state index in [-0.39, 0.29) is 12.4 Å². The molecule has 1 aliphatic heterocycles. The van der Waals surface area contributed by atoms with Crippen molar-refractivity contribution in [1.82, 2.24) is 44.9 Å². The van der Waals surface area contributed by atoms with Crippen molar-refractivity contribution in [2.24, 2.45) is 0 Å². The van der Waals surface area contributed by atoms with Gasteiger partial charge < -0.3 is 5.32 Å². The molecule has 5 rings (SSSR count). The minimum atomic E-state index is 0. The molecule has 0 aliphatic carbocycles. The number of fused-ring (bicyclic) bond motifs is 1. The monoisotopic (exact) mass is 383 g/mol. The largest absolute Gasteiger partial charge is 0.309 e. The summed E-state index contributed by atoms with van der Waals surface area (Å²) in [6, 6.07) is 8.20. The summed E-state index contributed by atoms with van der Waals surface area (Å²) in [4.78, 5) is 4.56. The molecule has 0 unspecified atom stereocenters. The van der Waals surface area contributed by atoms with E-state index in [1.54, 1.807) is 17.2 Å². The highest BCUT2D eigenvalue weighted by Crippen LogP contribution is 2.25. The number of aryl methyl sites for hydroxylation is 1. The molecule has 4 heterocycles. The lowest BCUT2D eigenvalue weighted by atomic mass is 10.1. The smallest absolute Gasteiger partial charge is 0.165 e. The first-order valence-corrected chi connectivity index (χ1v) is 8.45. The van der Waals surface area contributed by atoms with E-state index in [0.29, 0.717) is 0 Å². The standard InChI is InChI=1S/C17H17N9.ClH/c1-12-2-3-13(26-11-20-22-23-26)9-16(12)24-6-5-19-17(24)15-8-14-10-18-4-7-25(14)21-15;/h2-3,5-6,8-9,11,18H,4,7,10H2,1H3;1H. The number of rotatable bonds is 3. The third-order valence-electron chi connectivity index (χ3n) is 4.61. The highest BCUT2D eigenvalue weighted by atomic mass is 35.5. The van der Waals surface area contributed by atoms with Crippen LogP contribution in [0.4, 0.5) is 0 Å². The fourth-order valence-corrected chi connectivity index (χ4v) is 3.27. The maximum Gasteiger partial charge on any atom is 0.165 e. The Hall–Kier alpha value is -3.04. The molecule has 1 aromatic carbocycles. The molecule has 0 bridgehead atoms. The summed E-state index contributed by atoms with van der Waals surface area (Å²) < 4.78 is 5.75. The molecule has 9 nitrogen and oxygen atoms in total. The second kappa shape index (κ2) is 6.93. The molecule has 0 saturated carbocycles. The SMILES string of the molecule is Cc1ccc(-n2cnnn2)cc1-n1ccnc1-c1cc2n(n1)CCNC2.Cl. The minimum Gasteiger partial charge on any atom is -0.309 e. The summed E-state index contributed by atoms with van der Waals surface area (Å²) in [5.41, 5.74) is 5.10. The second-order valence-corrected chi connectivity index (χ2v) is 6.27. The van der Waals surface area contributed by atoms with Crippen molar-refractivity contribution in [3.8, 4) is 22.9 Å². The van der Waals surface area contributed by atoms with Crippen molar-refractivity contribution in [3.63, 3.8) is 0 Å². The number of benzene rings is 1. The third kappa shape index (κ3) is 3.00. The molecule has 0 amide bonds. The van der Waals surface area contributed by atoms with Gasteiger partial charge in [0, 0.05) is 25.5 Å². The van der Waals surface area contributed by atoms with Crippen LogP contribution in [-0.2, 0) is 13.1 Å². The van der Waals surface area contributed by atoms with Crippen LogP contribution in [0.5, 0.6) is 0 Å². The third-order valence-corrected chi connectivity index (χ3v) is 4.61. The number of halogens is 1. The van der Waals surface area contributed by atoms with Gasteiger partial charge in [-0.1, -0.05) is 6.07 Å². The Morgan fingerprint density at radius 3 is 2.93 bits per heavy atom.